The van der Waals surface area contributed by atoms with E-state index in [1.54, 1.807) is 0 Å². The summed E-state index contributed by atoms with van der Waals surface area (Å²) in [6.07, 6.45) is 3.84. The summed E-state index contributed by atoms with van der Waals surface area (Å²) >= 11 is 3.36. The van der Waals surface area contributed by atoms with E-state index in [0.717, 1.165) is 11.0 Å². The Labute approximate surface area is 134 Å². The average molecular weight is 357 g/mol. The molecule has 1 aliphatic heterocycles. The van der Waals surface area contributed by atoms with Crippen LogP contribution in [0.2, 0.25) is 0 Å². The van der Waals surface area contributed by atoms with Crippen LogP contribution in [-0.2, 0) is 9.53 Å². The zero-order chi connectivity index (χ0) is 15.1. The first-order valence-electron chi connectivity index (χ1n) is 7.55. The van der Waals surface area contributed by atoms with E-state index in [9.17, 15) is 4.79 Å². The van der Waals surface area contributed by atoms with E-state index >= 15 is 0 Å². The molecular weight excluding hydrogens is 334 g/mol. The maximum absolute atomic E-state index is 11.8. The van der Waals surface area contributed by atoms with Crippen LogP contribution in [0.15, 0.2) is 28.7 Å². The Balaban J connectivity index is 1.67. The third-order valence-electron chi connectivity index (χ3n) is 3.64. The highest BCUT2D eigenvalue weighted by atomic mass is 79.9. The van der Waals surface area contributed by atoms with Crippen molar-refractivity contribution in [2.45, 2.75) is 32.3 Å². The molecule has 1 atom stereocenters. The molecule has 1 aliphatic rings. The zero-order valence-corrected chi connectivity index (χ0v) is 14.0. The highest BCUT2D eigenvalue weighted by Crippen LogP contribution is 2.15. The molecule has 1 fully saturated rings. The number of hydrogen-bond donors (Lipinski definition) is 1. The molecule has 4 nitrogen and oxygen atoms in total. The maximum atomic E-state index is 11.8. The largest absolute Gasteiger partial charge is 0.482 e. The van der Waals surface area contributed by atoms with Crippen LogP contribution in [0.5, 0.6) is 5.75 Å². The number of likely N-dealkylation sites (tertiary alicyclic amines) is 1. The average Bonchev–Trinajstić information content (AvgIpc) is 2.47. The third kappa shape index (κ3) is 6.06. The van der Waals surface area contributed by atoms with Crippen LogP contribution in [0, 0.1) is 0 Å². The summed E-state index contributed by atoms with van der Waals surface area (Å²) in [6.45, 7) is 5.19. The molecule has 5 heteroatoms. The van der Waals surface area contributed by atoms with Crippen molar-refractivity contribution >= 4 is 21.9 Å². The van der Waals surface area contributed by atoms with Gasteiger partial charge in [-0.3, -0.25) is 0 Å². The van der Waals surface area contributed by atoms with Gasteiger partial charge in [-0.15, -0.1) is 0 Å². The Hall–Kier alpha value is -1.07. The lowest BCUT2D eigenvalue weighted by atomic mass is 10.1. The fraction of sp³-hybridized carbons (Fsp3) is 0.562. The molecule has 1 saturated heterocycles. The quantitative estimate of drug-likeness (QED) is 0.790. The van der Waals surface area contributed by atoms with Gasteiger partial charge < -0.3 is 14.4 Å². The van der Waals surface area contributed by atoms with Crippen molar-refractivity contribution in [3.05, 3.63) is 28.7 Å². The molecule has 2 rings (SSSR count). The Bertz CT molecular complexity index is 443. The summed E-state index contributed by atoms with van der Waals surface area (Å²) in [5, 5.41) is 0. The lowest BCUT2D eigenvalue weighted by molar-refractivity contribution is -0.907. The van der Waals surface area contributed by atoms with E-state index in [4.69, 9.17) is 9.47 Å². The SMILES string of the molecule is CC(C[NH+]1CCCCC1)OC(=O)COc1ccc(Br)cc1. The first kappa shape index (κ1) is 16.3. The van der Waals surface area contributed by atoms with E-state index in [1.165, 1.54) is 37.3 Å². The van der Waals surface area contributed by atoms with E-state index in [1.807, 2.05) is 31.2 Å². The predicted molar refractivity (Wildman–Crippen MR) is 84.6 cm³/mol. The highest BCUT2D eigenvalue weighted by molar-refractivity contribution is 9.10. The zero-order valence-electron chi connectivity index (χ0n) is 12.4. The number of hydrogen-bond acceptors (Lipinski definition) is 3. The van der Waals surface area contributed by atoms with Crippen LogP contribution in [0.4, 0.5) is 0 Å². The lowest BCUT2D eigenvalue weighted by Gasteiger charge is -2.26. The van der Waals surface area contributed by atoms with Gasteiger partial charge in [0.2, 0.25) is 0 Å². The molecule has 0 radical (unpaired) electrons. The van der Waals surface area contributed by atoms with Crippen molar-refractivity contribution in [1.29, 1.82) is 0 Å². The number of rotatable bonds is 6. The number of quaternary nitrogens is 1. The van der Waals surface area contributed by atoms with Crippen molar-refractivity contribution in [1.82, 2.24) is 0 Å². The second-order valence-electron chi connectivity index (χ2n) is 5.56. The van der Waals surface area contributed by atoms with Gasteiger partial charge in [0.05, 0.1) is 13.1 Å². The van der Waals surface area contributed by atoms with Crippen molar-refractivity contribution in [3.63, 3.8) is 0 Å². The lowest BCUT2D eigenvalue weighted by Crippen LogP contribution is -3.13. The van der Waals surface area contributed by atoms with Crippen LogP contribution in [-0.4, -0.2) is 38.3 Å². The third-order valence-corrected chi connectivity index (χ3v) is 4.17. The molecule has 1 heterocycles. The summed E-state index contributed by atoms with van der Waals surface area (Å²) in [6, 6.07) is 7.39. The smallest absolute Gasteiger partial charge is 0.344 e. The topological polar surface area (TPSA) is 40.0 Å². The molecule has 0 spiro atoms. The minimum absolute atomic E-state index is 0.0404. The number of piperidine rings is 1. The highest BCUT2D eigenvalue weighted by Gasteiger charge is 2.19. The van der Waals surface area contributed by atoms with Crippen molar-refractivity contribution < 1.29 is 19.2 Å². The number of ether oxygens (including phenoxy) is 2. The van der Waals surface area contributed by atoms with Crippen LogP contribution in [0.25, 0.3) is 0 Å². The van der Waals surface area contributed by atoms with Gasteiger partial charge >= 0.3 is 5.97 Å². The molecule has 1 aromatic rings. The number of carbonyl (C=O) groups excluding carboxylic acids is 1. The normalized spacial score (nSPS) is 17.2. The summed E-state index contributed by atoms with van der Waals surface area (Å²) < 4.78 is 11.8. The first-order valence-corrected chi connectivity index (χ1v) is 8.34. The molecule has 1 aromatic carbocycles. The van der Waals surface area contributed by atoms with E-state index in [2.05, 4.69) is 15.9 Å². The van der Waals surface area contributed by atoms with Gasteiger partial charge in [0, 0.05) is 4.47 Å². The van der Waals surface area contributed by atoms with Crippen LogP contribution in [0.3, 0.4) is 0 Å². The Morgan fingerprint density at radius 2 is 1.90 bits per heavy atom. The minimum Gasteiger partial charge on any atom is -0.482 e. The van der Waals surface area contributed by atoms with Gasteiger partial charge in [0.25, 0.3) is 0 Å². The summed E-state index contributed by atoms with van der Waals surface area (Å²) in [7, 11) is 0. The van der Waals surface area contributed by atoms with E-state index < -0.39 is 0 Å². The molecule has 1 unspecified atom stereocenters. The number of esters is 1. The molecule has 0 aliphatic carbocycles. The van der Waals surface area contributed by atoms with Crippen molar-refractivity contribution in [2.75, 3.05) is 26.2 Å². The number of benzene rings is 1. The Morgan fingerprint density at radius 3 is 2.57 bits per heavy atom. The molecular formula is C16H23BrNO3+. The van der Waals surface area contributed by atoms with Crippen LogP contribution < -0.4 is 9.64 Å². The molecule has 0 amide bonds. The number of carbonyl (C=O) groups is 1. The Morgan fingerprint density at radius 1 is 1.24 bits per heavy atom. The molecule has 0 bridgehead atoms. The monoisotopic (exact) mass is 356 g/mol. The van der Waals surface area contributed by atoms with Gasteiger partial charge in [-0.25, -0.2) is 4.79 Å². The second kappa shape index (κ2) is 8.39. The molecule has 1 N–H and O–H groups in total. The fourth-order valence-corrected chi connectivity index (χ4v) is 2.90. The standard InChI is InChI=1S/C16H22BrNO3/c1-13(11-18-9-3-2-4-10-18)21-16(19)12-20-15-7-5-14(17)6-8-15/h5-8,13H,2-4,9-12H2,1H3/p+1. The summed E-state index contributed by atoms with van der Waals surface area (Å²) in [5.41, 5.74) is 0. The summed E-state index contributed by atoms with van der Waals surface area (Å²) in [4.78, 5) is 13.3. The van der Waals surface area contributed by atoms with Crippen LogP contribution >= 0.6 is 15.9 Å². The predicted octanol–water partition coefficient (Wildman–Crippen LogP) is 1.83. The van der Waals surface area contributed by atoms with Gasteiger partial charge in [0.15, 0.2) is 6.61 Å². The molecule has 21 heavy (non-hydrogen) atoms. The maximum Gasteiger partial charge on any atom is 0.344 e. The number of halogens is 1. The van der Waals surface area contributed by atoms with E-state index in [0.29, 0.717) is 5.75 Å². The van der Waals surface area contributed by atoms with Gasteiger partial charge in [-0.1, -0.05) is 15.9 Å². The van der Waals surface area contributed by atoms with E-state index in [-0.39, 0.29) is 18.7 Å². The minimum atomic E-state index is -0.304. The van der Waals surface area contributed by atoms with Gasteiger partial charge in [-0.2, -0.15) is 0 Å². The molecule has 0 saturated carbocycles. The fourth-order valence-electron chi connectivity index (χ4n) is 2.64. The van der Waals surface area contributed by atoms with Crippen molar-refractivity contribution in [3.8, 4) is 5.75 Å². The second-order valence-corrected chi connectivity index (χ2v) is 6.47. The Kier molecular flexibility index (Phi) is 6.51. The first-order chi connectivity index (χ1) is 10.1. The molecule has 0 aromatic heterocycles. The van der Waals surface area contributed by atoms with Crippen LogP contribution in [0.1, 0.15) is 26.2 Å². The molecule has 116 valence electrons. The van der Waals surface area contributed by atoms with Gasteiger partial charge in [-0.05, 0) is 50.5 Å². The number of nitrogens with one attached hydrogen (secondary N) is 1. The summed E-state index contributed by atoms with van der Waals surface area (Å²) in [5.74, 6) is 0.367. The van der Waals surface area contributed by atoms with Gasteiger partial charge in [0.1, 0.15) is 18.4 Å². The van der Waals surface area contributed by atoms with Crippen molar-refractivity contribution in [2.24, 2.45) is 0 Å².